The molecule has 1 saturated heterocycles. The maximum Gasteiger partial charge on any atom is 0.227 e. The number of para-hydroxylation sites is 3. The van der Waals surface area contributed by atoms with Gasteiger partial charge in [-0.1, -0.05) is 35.9 Å². The lowest BCUT2D eigenvalue weighted by Gasteiger charge is -2.17. The topological polar surface area (TPSA) is 49.0 Å². The van der Waals surface area contributed by atoms with Crippen LogP contribution in [0.15, 0.2) is 48.5 Å². The molecule has 4 nitrogen and oxygen atoms in total. The highest BCUT2D eigenvalue weighted by Gasteiger charge is 2.34. The summed E-state index contributed by atoms with van der Waals surface area (Å²) in [7, 11) is 0. The summed E-state index contributed by atoms with van der Waals surface area (Å²) in [4.78, 5) is 22.0. The second-order valence-electron chi connectivity index (χ2n) is 5.50. The van der Waals surface area contributed by atoms with E-state index in [0.717, 1.165) is 22.5 Å². The summed E-state index contributed by atoms with van der Waals surface area (Å²) in [5.41, 5.74) is 2.70. The third-order valence-electron chi connectivity index (χ3n) is 4.06. The van der Waals surface area contributed by atoms with Crippen molar-refractivity contribution in [1.29, 1.82) is 0 Å². The maximum atomic E-state index is 12.4. The van der Waals surface area contributed by atoms with Crippen molar-refractivity contribution in [2.45, 2.75) is 12.3 Å². The summed E-state index contributed by atoms with van der Waals surface area (Å²) in [6.45, 7) is 0.600. The molecule has 1 unspecified atom stereocenters. The van der Waals surface area contributed by atoms with E-state index in [4.69, 9.17) is 11.6 Å². The van der Waals surface area contributed by atoms with Crippen molar-refractivity contribution in [2.75, 3.05) is 11.4 Å². The number of nitrogens with zero attached hydrogens (tertiary/aromatic N) is 2. The van der Waals surface area contributed by atoms with E-state index in [2.05, 4.69) is 9.97 Å². The first-order valence-electron chi connectivity index (χ1n) is 7.22. The molecule has 1 aliphatic rings. The molecule has 2 aromatic carbocycles. The Labute approximate surface area is 132 Å². The van der Waals surface area contributed by atoms with Gasteiger partial charge in [-0.2, -0.15) is 0 Å². The fraction of sp³-hybridized carbons (Fsp3) is 0.176. The molecule has 0 aliphatic carbocycles. The highest BCUT2D eigenvalue weighted by Crippen LogP contribution is 2.34. The van der Waals surface area contributed by atoms with Crippen LogP contribution in [0.3, 0.4) is 0 Å². The van der Waals surface area contributed by atoms with E-state index in [1.165, 1.54) is 0 Å². The molecule has 0 saturated carbocycles. The molecule has 1 amide bonds. The van der Waals surface area contributed by atoms with Gasteiger partial charge in [0, 0.05) is 18.9 Å². The van der Waals surface area contributed by atoms with Crippen LogP contribution in [0.2, 0.25) is 5.02 Å². The Morgan fingerprint density at radius 1 is 1.14 bits per heavy atom. The first-order chi connectivity index (χ1) is 10.7. The lowest BCUT2D eigenvalue weighted by molar-refractivity contribution is -0.117. The molecule has 1 atom stereocenters. The van der Waals surface area contributed by atoms with Crippen LogP contribution in [0, 0.1) is 0 Å². The van der Waals surface area contributed by atoms with Gasteiger partial charge in [0.05, 0.1) is 21.7 Å². The number of hydrogen-bond donors (Lipinski definition) is 1. The van der Waals surface area contributed by atoms with Crippen molar-refractivity contribution in [3.63, 3.8) is 0 Å². The van der Waals surface area contributed by atoms with E-state index in [1.54, 1.807) is 11.0 Å². The Balaban J connectivity index is 1.66. The minimum absolute atomic E-state index is 0.0659. The first kappa shape index (κ1) is 13.3. The van der Waals surface area contributed by atoms with Crippen molar-refractivity contribution in [3.8, 4) is 0 Å². The van der Waals surface area contributed by atoms with E-state index >= 15 is 0 Å². The standard InChI is InChI=1S/C17H14ClN3O/c18-12-5-1-4-8-15(12)21-10-11(9-16(21)22)17-19-13-6-2-3-7-14(13)20-17/h1-8,11H,9-10H2,(H,19,20). The average Bonchev–Trinajstić information content (AvgIpc) is 3.11. The minimum Gasteiger partial charge on any atom is -0.342 e. The summed E-state index contributed by atoms with van der Waals surface area (Å²) >= 11 is 6.21. The number of anilines is 1. The number of aromatic amines is 1. The molecule has 110 valence electrons. The van der Waals surface area contributed by atoms with E-state index in [9.17, 15) is 4.79 Å². The molecule has 1 aromatic heterocycles. The van der Waals surface area contributed by atoms with Gasteiger partial charge in [0.2, 0.25) is 5.91 Å². The highest BCUT2D eigenvalue weighted by molar-refractivity contribution is 6.33. The number of imidazole rings is 1. The van der Waals surface area contributed by atoms with Crippen molar-refractivity contribution >= 4 is 34.2 Å². The normalized spacial score (nSPS) is 18.3. The predicted molar refractivity (Wildman–Crippen MR) is 87.3 cm³/mol. The molecular formula is C17H14ClN3O. The molecule has 1 aliphatic heterocycles. The zero-order valence-corrected chi connectivity index (χ0v) is 12.5. The van der Waals surface area contributed by atoms with Gasteiger partial charge in [0.1, 0.15) is 5.82 Å². The van der Waals surface area contributed by atoms with Crippen LogP contribution in [-0.4, -0.2) is 22.4 Å². The predicted octanol–water partition coefficient (Wildman–Crippen LogP) is 3.74. The number of nitrogens with one attached hydrogen (secondary N) is 1. The molecule has 0 spiro atoms. The summed E-state index contributed by atoms with van der Waals surface area (Å²) in [6.07, 6.45) is 0.449. The first-order valence-corrected chi connectivity index (χ1v) is 7.60. The largest absolute Gasteiger partial charge is 0.342 e. The lowest BCUT2D eigenvalue weighted by atomic mass is 10.1. The van der Waals surface area contributed by atoms with Crippen LogP contribution >= 0.6 is 11.6 Å². The number of aromatic nitrogens is 2. The van der Waals surface area contributed by atoms with Gasteiger partial charge in [-0.15, -0.1) is 0 Å². The van der Waals surface area contributed by atoms with Crippen LogP contribution in [0.5, 0.6) is 0 Å². The highest BCUT2D eigenvalue weighted by atomic mass is 35.5. The van der Waals surface area contributed by atoms with Crippen LogP contribution in [0.1, 0.15) is 18.2 Å². The number of fused-ring (bicyclic) bond motifs is 1. The van der Waals surface area contributed by atoms with E-state index < -0.39 is 0 Å². The monoisotopic (exact) mass is 311 g/mol. The van der Waals surface area contributed by atoms with Crippen molar-refractivity contribution in [3.05, 3.63) is 59.4 Å². The smallest absolute Gasteiger partial charge is 0.227 e. The van der Waals surface area contributed by atoms with E-state index in [0.29, 0.717) is 18.0 Å². The average molecular weight is 312 g/mol. The Morgan fingerprint density at radius 3 is 2.73 bits per heavy atom. The number of rotatable bonds is 2. The number of amides is 1. The zero-order valence-electron chi connectivity index (χ0n) is 11.8. The molecule has 2 heterocycles. The van der Waals surface area contributed by atoms with Crippen LogP contribution in [0.25, 0.3) is 11.0 Å². The number of halogens is 1. The summed E-state index contributed by atoms with van der Waals surface area (Å²) in [5.74, 6) is 1.01. The summed E-state index contributed by atoms with van der Waals surface area (Å²) in [6, 6.07) is 15.3. The van der Waals surface area contributed by atoms with Gasteiger partial charge >= 0.3 is 0 Å². The molecule has 1 N–H and O–H groups in total. The van der Waals surface area contributed by atoms with Crippen LogP contribution in [-0.2, 0) is 4.79 Å². The van der Waals surface area contributed by atoms with Crippen LogP contribution < -0.4 is 4.90 Å². The molecule has 1 fully saturated rings. The molecule has 0 radical (unpaired) electrons. The Morgan fingerprint density at radius 2 is 1.91 bits per heavy atom. The van der Waals surface area contributed by atoms with Crippen molar-refractivity contribution in [2.24, 2.45) is 0 Å². The molecule has 3 aromatic rings. The van der Waals surface area contributed by atoms with Gasteiger partial charge in [-0.05, 0) is 24.3 Å². The number of carbonyl (C=O) groups is 1. The molecule has 22 heavy (non-hydrogen) atoms. The van der Waals surface area contributed by atoms with Gasteiger partial charge in [0.15, 0.2) is 0 Å². The third kappa shape index (κ3) is 2.16. The maximum absolute atomic E-state index is 12.4. The Hall–Kier alpha value is -2.33. The lowest BCUT2D eigenvalue weighted by Crippen LogP contribution is -2.24. The number of hydrogen-bond acceptors (Lipinski definition) is 2. The molecule has 5 heteroatoms. The second kappa shape index (κ2) is 5.14. The SMILES string of the molecule is O=C1CC(c2nc3ccccc3[nH]2)CN1c1ccccc1Cl. The van der Waals surface area contributed by atoms with Gasteiger partial charge in [-0.3, -0.25) is 4.79 Å². The van der Waals surface area contributed by atoms with Crippen LogP contribution in [0.4, 0.5) is 5.69 Å². The molecule has 4 rings (SSSR count). The van der Waals surface area contributed by atoms with E-state index in [-0.39, 0.29) is 11.8 Å². The number of benzene rings is 2. The van der Waals surface area contributed by atoms with Crippen molar-refractivity contribution < 1.29 is 4.79 Å². The molecular weight excluding hydrogens is 298 g/mol. The fourth-order valence-corrected chi connectivity index (χ4v) is 3.20. The Bertz CT molecular complexity index is 825. The zero-order chi connectivity index (χ0) is 15.1. The number of H-pyrrole nitrogens is 1. The van der Waals surface area contributed by atoms with Gasteiger partial charge in [-0.25, -0.2) is 4.98 Å². The third-order valence-corrected chi connectivity index (χ3v) is 4.38. The van der Waals surface area contributed by atoms with Gasteiger partial charge in [0.25, 0.3) is 0 Å². The quantitative estimate of drug-likeness (QED) is 0.784. The molecule has 0 bridgehead atoms. The summed E-state index contributed by atoms with van der Waals surface area (Å²) in [5, 5.41) is 0.598. The fourth-order valence-electron chi connectivity index (χ4n) is 2.96. The van der Waals surface area contributed by atoms with Gasteiger partial charge < -0.3 is 9.88 Å². The Kier molecular flexibility index (Phi) is 3.12. The summed E-state index contributed by atoms with van der Waals surface area (Å²) < 4.78 is 0. The second-order valence-corrected chi connectivity index (χ2v) is 5.90. The number of carbonyl (C=O) groups excluding carboxylic acids is 1. The van der Waals surface area contributed by atoms with E-state index in [1.807, 2.05) is 42.5 Å². The minimum atomic E-state index is 0.0659. The van der Waals surface area contributed by atoms with Crippen molar-refractivity contribution in [1.82, 2.24) is 9.97 Å².